The number of sulfone groups is 1. The molecule has 40 heavy (non-hydrogen) atoms. The molecule has 218 valence electrons. The van der Waals surface area contributed by atoms with Crippen LogP contribution < -0.4 is 0 Å². The monoisotopic (exact) mass is 607 g/mol. The maximum atomic E-state index is 14.7. The second-order valence-electron chi connectivity index (χ2n) is 11.5. The molecular weight excluding hydrogens is 569 g/mol. The average molecular weight is 609 g/mol. The van der Waals surface area contributed by atoms with Gasteiger partial charge in [0.1, 0.15) is 0 Å². The van der Waals surface area contributed by atoms with Crippen molar-refractivity contribution in [2.75, 3.05) is 12.4 Å². The van der Waals surface area contributed by atoms with E-state index in [9.17, 15) is 13.2 Å². The van der Waals surface area contributed by atoms with Crippen LogP contribution in [0.15, 0.2) is 60.0 Å². The van der Waals surface area contributed by atoms with Crippen LogP contribution in [0.2, 0.25) is 10.0 Å². The SMILES string of the molecule is CCC(/C=C/S(=O)(=O)CC)N1C(=O)[C@@](C)(C[C@H]2COC(C)(C)O2)C[C@H](c2cccc(Cl)c2)[C@H]1c1ccc(Cl)cc1. The lowest BCUT2D eigenvalue weighted by molar-refractivity contribution is -0.161. The number of hydrogen-bond acceptors (Lipinski definition) is 5. The predicted molar refractivity (Wildman–Crippen MR) is 160 cm³/mol. The van der Waals surface area contributed by atoms with E-state index in [0.29, 0.717) is 35.9 Å². The molecule has 5 atom stereocenters. The van der Waals surface area contributed by atoms with Gasteiger partial charge < -0.3 is 14.4 Å². The van der Waals surface area contributed by atoms with E-state index in [0.717, 1.165) is 11.1 Å². The Morgan fingerprint density at radius 2 is 1.75 bits per heavy atom. The fourth-order valence-electron chi connectivity index (χ4n) is 6.03. The van der Waals surface area contributed by atoms with Crippen LogP contribution in [0.3, 0.4) is 0 Å². The topological polar surface area (TPSA) is 72.9 Å². The first-order valence-corrected chi connectivity index (χ1v) is 16.3. The van der Waals surface area contributed by atoms with E-state index in [-0.39, 0.29) is 29.7 Å². The van der Waals surface area contributed by atoms with Crippen LogP contribution in [0.1, 0.15) is 77.0 Å². The van der Waals surface area contributed by atoms with Crippen LogP contribution in [0.25, 0.3) is 0 Å². The Bertz CT molecular complexity index is 1340. The van der Waals surface area contributed by atoms with Crippen LogP contribution in [0.4, 0.5) is 0 Å². The third-order valence-corrected chi connectivity index (χ3v) is 9.89. The second kappa shape index (κ2) is 12.1. The fraction of sp³-hybridized carbons (Fsp3) is 0.516. The minimum Gasteiger partial charge on any atom is -0.348 e. The van der Waals surface area contributed by atoms with Crippen LogP contribution in [-0.2, 0) is 24.1 Å². The summed E-state index contributed by atoms with van der Waals surface area (Å²) in [6.45, 7) is 9.73. The quantitative estimate of drug-likeness (QED) is 0.298. The molecule has 0 bridgehead atoms. The molecule has 4 rings (SSSR count). The zero-order chi connectivity index (χ0) is 29.3. The van der Waals surface area contributed by atoms with Crippen LogP contribution in [0.5, 0.6) is 0 Å². The van der Waals surface area contributed by atoms with Gasteiger partial charge in [-0.2, -0.15) is 0 Å². The predicted octanol–water partition coefficient (Wildman–Crippen LogP) is 7.33. The highest BCUT2D eigenvalue weighted by Gasteiger charge is 2.53. The van der Waals surface area contributed by atoms with Crippen molar-refractivity contribution in [3.8, 4) is 0 Å². The molecule has 2 aliphatic rings. The number of halogens is 2. The van der Waals surface area contributed by atoms with Crippen LogP contribution >= 0.6 is 23.2 Å². The van der Waals surface area contributed by atoms with Crippen molar-refractivity contribution in [1.29, 1.82) is 0 Å². The lowest BCUT2D eigenvalue weighted by atomic mass is 9.66. The number of rotatable bonds is 9. The van der Waals surface area contributed by atoms with Crippen molar-refractivity contribution in [3.63, 3.8) is 0 Å². The van der Waals surface area contributed by atoms with Gasteiger partial charge in [-0.15, -0.1) is 0 Å². The summed E-state index contributed by atoms with van der Waals surface area (Å²) in [4.78, 5) is 16.6. The van der Waals surface area contributed by atoms with Crippen LogP contribution in [0, 0.1) is 5.41 Å². The molecular formula is C31H39Cl2NO5S. The molecule has 2 saturated heterocycles. The van der Waals surface area contributed by atoms with Crippen molar-refractivity contribution < 1.29 is 22.7 Å². The zero-order valence-electron chi connectivity index (χ0n) is 23.8. The van der Waals surface area contributed by atoms with Gasteiger partial charge >= 0.3 is 0 Å². The number of nitrogens with zero attached hydrogens (tertiary/aromatic N) is 1. The fourth-order valence-corrected chi connectivity index (χ4v) is 6.97. The van der Waals surface area contributed by atoms with Gasteiger partial charge in [-0.1, -0.05) is 74.3 Å². The third-order valence-electron chi connectivity index (χ3n) is 8.02. The van der Waals surface area contributed by atoms with E-state index < -0.39 is 27.1 Å². The summed E-state index contributed by atoms with van der Waals surface area (Å²) in [5.74, 6) is -0.876. The number of likely N-dealkylation sites (tertiary alicyclic amines) is 1. The van der Waals surface area contributed by atoms with Crippen molar-refractivity contribution >= 4 is 38.9 Å². The molecule has 2 aliphatic heterocycles. The number of carbonyl (C=O) groups excluding carboxylic acids is 1. The zero-order valence-corrected chi connectivity index (χ0v) is 26.1. The molecule has 1 unspecified atom stereocenters. The Hall–Kier alpha value is -1.90. The number of ether oxygens (including phenoxy) is 2. The lowest BCUT2D eigenvalue weighted by Crippen LogP contribution is -2.56. The smallest absolute Gasteiger partial charge is 0.229 e. The van der Waals surface area contributed by atoms with Crippen LogP contribution in [-0.4, -0.2) is 49.5 Å². The van der Waals surface area contributed by atoms with Crippen molar-refractivity contribution in [2.24, 2.45) is 5.41 Å². The van der Waals surface area contributed by atoms with E-state index >= 15 is 0 Å². The van der Waals surface area contributed by atoms with Crippen molar-refractivity contribution in [1.82, 2.24) is 4.90 Å². The number of hydrogen-bond donors (Lipinski definition) is 0. The molecule has 6 nitrogen and oxygen atoms in total. The molecule has 0 spiro atoms. The van der Waals surface area contributed by atoms with E-state index in [1.54, 1.807) is 13.0 Å². The van der Waals surface area contributed by atoms with E-state index in [2.05, 4.69) is 0 Å². The molecule has 0 aromatic heterocycles. The second-order valence-corrected chi connectivity index (χ2v) is 14.6. The standard InChI is InChI=1S/C31H39Cl2NO5S/c1-6-25(15-16-40(36,37)7-2)34-28(21-11-13-23(32)14-12-21)27(22-9-8-10-24(33)17-22)19-31(5,29(34)35)18-26-20-38-30(3,4)39-26/h8-17,25-28H,6-7,18-20H2,1-5H3/b16-15+/t25?,26-,27+,28+,31-/m0/s1. The minimum atomic E-state index is -3.39. The lowest BCUT2D eigenvalue weighted by Gasteiger charge is -2.52. The molecule has 0 radical (unpaired) electrons. The summed E-state index contributed by atoms with van der Waals surface area (Å²) < 4.78 is 36.9. The largest absolute Gasteiger partial charge is 0.348 e. The summed E-state index contributed by atoms with van der Waals surface area (Å²) in [7, 11) is -3.39. The molecule has 2 aromatic carbocycles. The first kappa shape index (κ1) is 31.0. The average Bonchev–Trinajstić information content (AvgIpc) is 3.24. The molecule has 0 N–H and O–H groups in total. The van der Waals surface area contributed by atoms with Gasteiger partial charge in [0.15, 0.2) is 15.6 Å². The first-order chi connectivity index (χ1) is 18.8. The summed E-state index contributed by atoms with van der Waals surface area (Å²) in [6, 6.07) is 14.5. The summed E-state index contributed by atoms with van der Waals surface area (Å²) in [5.41, 5.74) is 1.14. The molecule has 9 heteroatoms. The normalized spacial score (nSPS) is 27.8. The molecule has 0 saturated carbocycles. The van der Waals surface area contributed by atoms with E-state index in [1.165, 1.54) is 5.41 Å². The molecule has 0 aliphatic carbocycles. The maximum absolute atomic E-state index is 14.7. The molecule has 2 heterocycles. The van der Waals surface area contributed by atoms with Crippen molar-refractivity contribution in [3.05, 3.63) is 81.2 Å². The van der Waals surface area contributed by atoms with Gasteiger partial charge in [0.25, 0.3) is 0 Å². The Morgan fingerprint density at radius 3 is 2.33 bits per heavy atom. The summed E-state index contributed by atoms with van der Waals surface area (Å²) in [6.07, 6.45) is 3.00. The maximum Gasteiger partial charge on any atom is 0.229 e. The van der Waals surface area contributed by atoms with Gasteiger partial charge in [-0.05, 0) is 68.5 Å². The van der Waals surface area contributed by atoms with Gasteiger partial charge in [0.05, 0.1) is 30.5 Å². The number of amides is 1. The van der Waals surface area contributed by atoms with E-state index in [4.69, 9.17) is 32.7 Å². The van der Waals surface area contributed by atoms with Gasteiger partial charge in [-0.3, -0.25) is 4.79 Å². The molecule has 2 aromatic rings. The number of carbonyl (C=O) groups is 1. The van der Waals surface area contributed by atoms with Gasteiger partial charge in [-0.25, -0.2) is 8.42 Å². The highest BCUT2D eigenvalue weighted by atomic mass is 35.5. The highest BCUT2D eigenvalue weighted by Crippen LogP contribution is 2.53. The molecule has 1 amide bonds. The summed E-state index contributed by atoms with van der Waals surface area (Å²) >= 11 is 12.7. The minimum absolute atomic E-state index is 0.00779. The molecule has 2 fully saturated rings. The van der Waals surface area contributed by atoms with E-state index in [1.807, 2.05) is 81.1 Å². The third kappa shape index (κ3) is 6.93. The Kier molecular flexibility index (Phi) is 9.42. The highest BCUT2D eigenvalue weighted by molar-refractivity contribution is 7.94. The summed E-state index contributed by atoms with van der Waals surface area (Å²) in [5, 5.41) is 2.47. The van der Waals surface area contributed by atoms with Crippen molar-refractivity contribution in [2.45, 2.75) is 83.8 Å². The first-order valence-electron chi connectivity index (χ1n) is 13.8. The number of piperidine rings is 1. The Morgan fingerprint density at radius 1 is 1.05 bits per heavy atom. The number of benzene rings is 2. The Labute approximate surface area is 248 Å². The van der Waals surface area contributed by atoms with Gasteiger partial charge in [0, 0.05) is 26.8 Å². The Balaban J connectivity index is 1.87. The van der Waals surface area contributed by atoms with Gasteiger partial charge in [0.2, 0.25) is 5.91 Å².